The maximum Gasteiger partial charge on any atom is 0.153 e. The molecular formula is C12H19NO4S. The van der Waals surface area contributed by atoms with Gasteiger partial charge in [0.15, 0.2) is 9.84 Å². The number of hydrogen-bond acceptors (Lipinski definition) is 5. The molecule has 102 valence electrons. The van der Waals surface area contributed by atoms with Gasteiger partial charge in [0.1, 0.15) is 18.1 Å². The van der Waals surface area contributed by atoms with Gasteiger partial charge in [-0.25, -0.2) is 8.42 Å². The van der Waals surface area contributed by atoms with Gasteiger partial charge in [-0.2, -0.15) is 0 Å². The first kappa shape index (κ1) is 14.8. The fraction of sp³-hybridized carbons (Fsp3) is 0.500. The largest absolute Gasteiger partial charge is 0.497 e. The third-order valence-corrected chi connectivity index (χ3v) is 4.08. The van der Waals surface area contributed by atoms with E-state index in [2.05, 4.69) is 0 Å². The molecule has 6 heteroatoms. The van der Waals surface area contributed by atoms with Crippen LogP contribution >= 0.6 is 0 Å². The van der Waals surface area contributed by atoms with Gasteiger partial charge in [-0.05, 0) is 37.2 Å². The van der Waals surface area contributed by atoms with Gasteiger partial charge in [0.25, 0.3) is 0 Å². The van der Waals surface area contributed by atoms with E-state index in [4.69, 9.17) is 15.2 Å². The lowest BCUT2D eigenvalue weighted by atomic mass is 10.3. The summed E-state index contributed by atoms with van der Waals surface area (Å²) in [6.07, 6.45) is 0.491. The molecule has 0 atom stereocenters. The summed E-state index contributed by atoms with van der Waals surface area (Å²) in [7, 11) is -1.47. The number of hydrogen-bond donors (Lipinski definition) is 1. The zero-order valence-corrected chi connectivity index (χ0v) is 11.3. The minimum atomic E-state index is -3.06. The first-order valence-corrected chi connectivity index (χ1v) is 7.57. The third-order valence-electron chi connectivity index (χ3n) is 2.38. The van der Waals surface area contributed by atoms with Crippen LogP contribution in [0.2, 0.25) is 0 Å². The second kappa shape index (κ2) is 7.23. The summed E-state index contributed by atoms with van der Waals surface area (Å²) in [6.45, 7) is 0.539. The molecule has 0 bridgehead atoms. The van der Waals surface area contributed by atoms with E-state index in [0.29, 0.717) is 18.7 Å². The summed E-state index contributed by atoms with van der Waals surface area (Å²) in [4.78, 5) is 0. The van der Waals surface area contributed by atoms with Gasteiger partial charge >= 0.3 is 0 Å². The van der Waals surface area contributed by atoms with Crippen LogP contribution in [0.15, 0.2) is 24.3 Å². The van der Waals surface area contributed by atoms with Crippen molar-refractivity contribution in [2.24, 2.45) is 5.73 Å². The molecule has 0 saturated carbocycles. The third kappa shape index (κ3) is 5.37. The van der Waals surface area contributed by atoms with Crippen LogP contribution in [-0.4, -0.2) is 40.2 Å². The Labute approximate surface area is 108 Å². The molecule has 0 unspecified atom stereocenters. The van der Waals surface area contributed by atoms with Crippen LogP contribution in [0.5, 0.6) is 11.5 Å². The van der Waals surface area contributed by atoms with Crippen molar-refractivity contribution in [3.05, 3.63) is 24.3 Å². The molecule has 0 aliphatic heterocycles. The number of methoxy groups -OCH3 is 1. The molecule has 2 N–H and O–H groups in total. The first-order valence-electron chi connectivity index (χ1n) is 5.75. The SMILES string of the molecule is COc1ccc(OCCS(=O)(=O)CCCN)cc1. The smallest absolute Gasteiger partial charge is 0.153 e. The lowest BCUT2D eigenvalue weighted by Gasteiger charge is -2.07. The Bertz CT molecular complexity index is 442. The van der Waals surface area contributed by atoms with Crippen molar-refractivity contribution in [2.75, 3.05) is 31.8 Å². The lowest BCUT2D eigenvalue weighted by molar-refractivity contribution is 0.339. The Morgan fingerprint density at radius 2 is 1.72 bits per heavy atom. The lowest BCUT2D eigenvalue weighted by Crippen LogP contribution is -2.19. The van der Waals surface area contributed by atoms with Crippen molar-refractivity contribution < 1.29 is 17.9 Å². The van der Waals surface area contributed by atoms with Crippen molar-refractivity contribution in [1.82, 2.24) is 0 Å². The molecule has 0 heterocycles. The number of benzene rings is 1. The van der Waals surface area contributed by atoms with Crippen LogP contribution < -0.4 is 15.2 Å². The topological polar surface area (TPSA) is 78.6 Å². The molecular weight excluding hydrogens is 254 g/mol. The van der Waals surface area contributed by atoms with Gasteiger partial charge in [-0.15, -0.1) is 0 Å². The van der Waals surface area contributed by atoms with Crippen LogP contribution in [0.25, 0.3) is 0 Å². The van der Waals surface area contributed by atoms with Crippen molar-refractivity contribution in [2.45, 2.75) is 6.42 Å². The zero-order chi connectivity index (χ0) is 13.4. The van der Waals surface area contributed by atoms with E-state index >= 15 is 0 Å². The minimum Gasteiger partial charge on any atom is -0.497 e. The highest BCUT2D eigenvalue weighted by atomic mass is 32.2. The molecule has 0 aliphatic rings. The van der Waals surface area contributed by atoms with Crippen molar-refractivity contribution in [3.8, 4) is 11.5 Å². The van der Waals surface area contributed by atoms with E-state index in [1.807, 2.05) is 0 Å². The Balaban J connectivity index is 2.36. The first-order chi connectivity index (χ1) is 8.57. The Morgan fingerprint density at radius 3 is 2.28 bits per heavy atom. The average Bonchev–Trinajstić information content (AvgIpc) is 2.37. The number of rotatable bonds is 8. The van der Waals surface area contributed by atoms with Gasteiger partial charge in [-0.1, -0.05) is 0 Å². The number of sulfone groups is 1. The molecule has 0 fully saturated rings. The number of nitrogens with two attached hydrogens (primary N) is 1. The van der Waals surface area contributed by atoms with Crippen LogP contribution in [0, 0.1) is 0 Å². The highest BCUT2D eigenvalue weighted by Gasteiger charge is 2.10. The summed E-state index contributed by atoms with van der Waals surface area (Å²) in [5.41, 5.74) is 5.28. The average molecular weight is 273 g/mol. The Hall–Kier alpha value is -1.27. The van der Waals surface area contributed by atoms with Crippen LogP contribution in [0.1, 0.15) is 6.42 Å². The standard InChI is InChI=1S/C12H19NO4S/c1-16-11-3-5-12(6-4-11)17-8-10-18(14,15)9-2-7-13/h3-6H,2,7-10,13H2,1H3. The predicted octanol–water partition coefficient (Wildman–Crippen LogP) is 0.838. The summed E-state index contributed by atoms with van der Waals surface area (Å²) < 4.78 is 33.4. The molecule has 0 saturated heterocycles. The van der Waals surface area contributed by atoms with Crippen LogP contribution in [-0.2, 0) is 9.84 Å². The van der Waals surface area contributed by atoms with Crippen LogP contribution in [0.4, 0.5) is 0 Å². The zero-order valence-electron chi connectivity index (χ0n) is 10.5. The van der Waals surface area contributed by atoms with Gasteiger partial charge in [0, 0.05) is 0 Å². The Morgan fingerprint density at radius 1 is 1.11 bits per heavy atom. The molecule has 0 spiro atoms. The monoisotopic (exact) mass is 273 g/mol. The molecule has 0 amide bonds. The van der Waals surface area contributed by atoms with Gasteiger partial charge < -0.3 is 15.2 Å². The van der Waals surface area contributed by atoms with E-state index in [9.17, 15) is 8.42 Å². The summed E-state index contributed by atoms with van der Waals surface area (Å²) in [5.74, 6) is 1.50. The van der Waals surface area contributed by atoms with E-state index in [-0.39, 0.29) is 18.1 Å². The Kier molecular flexibility index (Phi) is 5.94. The van der Waals surface area contributed by atoms with Gasteiger partial charge in [-0.3, -0.25) is 0 Å². The van der Waals surface area contributed by atoms with Crippen molar-refractivity contribution in [3.63, 3.8) is 0 Å². The summed E-state index contributed by atoms with van der Waals surface area (Å²) in [5, 5.41) is 0. The van der Waals surface area contributed by atoms with Crippen molar-refractivity contribution >= 4 is 9.84 Å². The fourth-order valence-electron chi connectivity index (χ4n) is 1.36. The molecule has 0 aliphatic carbocycles. The maximum absolute atomic E-state index is 11.5. The van der Waals surface area contributed by atoms with Gasteiger partial charge in [0.2, 0.25) is 0 Å². The molecule has 5 nitrogen and oxygen atoms in total. The summed E-state index contributed by atoms with van der Waals surface area (Å²) >= 11 is 0. The highest BCUT2D eigenvalue weighted by molar-refractivity contribution is 7.91. The molecule has 0 aromatic heterocycles. The van der Waals surface area contributed by atoms with E-state index in [1.165, 1.54) is 0 Å². The second-order valence-corrected chi connectivity index (χ2v) is 6.12. The molecule has 0 radical (unpaired) electrons. The highest BCUT2D eigenvalue weighted by Crippen LogP contribution is 2.16. The molecule has 1 aromatic carbocycles. The molecule has 1 aromatic rings. The normalized spacial score (nSPS) is 11.2. The second-order valence-electron chi connectivity index (χ2n) is 3.82. The summed E-state index contributed by atoms with van der Waals surface area (Å²) in [6, 6.07) is 7.01. The quantitative estimate of drug-likeness (QED) is 0.759. The van der Waals surface area contributed by atoms with E-state index in [0.717, 1.165) is 5.75 Å². The van der Waals surface area contributed by atoms with Gasteiger partial charge in [0.05, 0.1) is 18.6 Å². The molecule has 18 heavy (non-hydrogen) atoms. The van der Waals surface area contributed by atoms with Crippen molar-refractivity contribution in [1.29, 1.82) is 0 Å². The number of ether oxygens (including phenoxy) is 2. The predicted molar refractivity (Wildman–Crippen MR) is 70.8 cm³/mol. The molecule has 1 rings (SSSR count). The van der Waals surface area contributed by atoms with E-state index in [1.54, 1.807) is 31.4 Å². The maximum atomic E-state index is 11.5. The van der Waals surface area contributed by atoms with E-state index < -0.39 is 9.84 Å². The minimum absolute atomic E-state index is 0.0129. The van der Waals surface area contributed by atoms with Crippen LogP contribution in [0.3, 0.4) is 0 Å². The fourth-order valence-corrected chi connectivity index (χ4v) is 2.51.